The van der Waals surface area contributed by atoms with Gasteiger partial charge in [-0.05, 0) is 25.7 Å². The molecule has 3 fully saturated rings. The molecule has 10 nitrogen and oxygen atoms in total. The molecule has 2 radical (unpaired) electrons. The molecule has 2 saturated heterocycles. The summed E-state index contributed by atoms with van der Waals surface area (Å²) in [4.78, 5) is 48.1. The van der Waals surface area contributed by atoms with E-state index in [0.717, 1.165) is 9.80 Å². The highest BCUT2D eigenvalue weighted by Crippen LogP contribution is 2.28. The van der Waals surface area contributed by atoms with E-state index < -0.39 is 24.1 Å². The average molecular weight is 280 g/mol. The van der Waals surface area contributed by atoms with Gasteiger partial charge in [0.15, 0.2) is 0 Å². The summed E-state index contributed by atoms with van der Waals surface area (Å²) in [7, 11) is 0. The van der Waals surface area contributed by atoms with Crippen molar-refractivity contribution in [3.8, 4) is 0 Å². The molecule has 1 aliphatic carbocycles. The van der Waals surface area contributed by atoms with Gasteiger partial charge in [-0.1, -0.05) is 0 Å². The van der Waals surface area contributed by atoms with Crippen molar-refractivity contribution in [1.82, 2.24) is 31.5 Å². The van der Waals surface area contributed by atoms with E-state index in [-0.39, 0.29) is 12.1 Å². The number of carbonyl (C=O) groups is 4. The van der Waals surface area contributed by atoms with E-state index in [9.17, 15) is 19.2 Å². The lowest BCUT2D eigenvalue weighted by atomic mass is 9.89. The van der Waals surface area contributed by atoms with Gasteiger partial charge >= 0.3 is 24.1 Å². The second-order valence-electron chi connectivity index (χ2n) is 4.83. The van der Waals surface area contributed by atoms with Crippen LogP contribution >= 0.6 is 0 Å². The van der Waals surface area contributed by atoms with Gasteiger partial charge in [0.2, 0.25) is 0 Å². The molecule has 0 aromatic rings. The molecule has 0 aromatic carbocycles. The third-order valence-corrected chi connectivity index (χ3v) is 3.74. The van der Waals surface area contributed by atoms with Gasteiger partial charge in [0.25, 0.3) is 0 Å². The summed E-state index contributed by atoms with van der Waals surface area (Å²) >= 11 is 0. The quantitative estimate of drug-likeness (QED) is 0.715. The van der Waals surface area contributed by atoms with E-state index in [4.69, 9.17) is 0 Å². The topological polar surface area (TPSA) is 127 Å². The third kappa shape index (κ3) is 1.89. The minimum Gasteiger partial charge on any atom is -0.246 e. The van der Waals surface area contributed by atoms with Gasteiger partial charge in [-0.15, -0.1) is 10.9 Å². The Morgan fingerprint density at radius 3 is 1.35 bits per heavy atom. The molecule has 1 saturated carbocycles. The standard InChI is InChI=1S/C10H12N6O4/c17-7-11-12-8(18)15(7)5-1-2-6(4-3-5)16-9(19)13-14-10(16)20/h5-6H,1-4H2,(H,11,17)(H,13,19). The van der Waals surface area contributed by atoms with Crippen molar-refractivity contribution in [2.45, 2.75) is 37.8 Å². The molecule has 3 aliphatic rings. The van der Waals surface area contributed by atoms with Crippen LogP contribution in [-0.4, -0.2) is 46.0 Å². The Morgan fingerprint density at radius 1 is 0.750 bits per heavy atom. The highest BCUT2D eigenvalue weighted by molar-refractivity contribution is 5.99. The predicted molar refractivity (Wildman–Crippen MR) is 61.8 cm³/mol. The zero-order valence-corrected chi connectivity index (χ0v) is 10.4. The fourth-order valence-electron chi connectivity index (χ4n) is 2.80. The van der Waals surface area contributed by atoms with Crippen LogP contribution in [0.15, 0.2) is 0 Å². The van der Waals surface area contributed by atoms with E-state index in [1.807, 2.05) is 0 Å². The normalized spacial score (nSPS) is 30.0. The van der Waals surface area contributed by atoms with Crippen LogP contribution < -0.4 is 21.7 Å². The Labute approximate surface area is 113 Å². The van der Waals surface area contributed by atoms with Crippen molar-refractivity contribution in [3.05, 3.63) is 0 Å². The molecule has 10 heteroatoms. The van der Waals surface area contributed by atoms with E-state index in [1.54, 1.807) is 0 Å². The smallest absolute Gasteiger partial charge is 0.246 e. The molecule has 20 heavy (non-hydrogen) atoms. The van der Waals surface area contributed by atoms with Gasteiger partial charge in [-0.2, -0.15) is 0 Å². The molecule has 106 valence electrons. The Morgan fingerprint density at radius 2 is 1.10 bits per heavy atom. The molecular formula is C10H12N6O4. The molecule has 8 amide bonds. The van der Waals surface area contributed by atoms with Crippen LogP contribution in [0.1, 0.15) is 25.7 Å². The van der Waals surface area contributed by atoms with E-state index in [0.29, 0.717) is 25.7 Å². The SMILES string of the molecule is O=C1[N]NC(=O)N1C1CCC(N2C(=O)[N]NC2=O)CC1. The van der Waals surface area contributed by atoms with Gasteiger partial charge in [0.1, 0.15) is 0 Å². The van der Waals surface area contributed by atoms with Crippen LogP contribution in [-0.2, 0) is 0 Å². The Kier molecular flexibility index (Phi) is 2.84. The number of urea groups is 4. The molecule has 0 unspecified atom stereocenters. The van der Waals surface area contributed by atoms with Gasteiger partial charge in [0.05, 0.1) is 0 Å². The highest BCUT2D eigenvalue weighted by atomic mass is 16.2. The lowest BCUT2D eigenvalue weighted by Crippen LogP contribution is -2.47. The van der Waals surface area contributed by atoms with Gasteiger partial charge in [-0.3, -0.25) is 0 Å². The molecule has 0 aromatic heterocycles. The van der Waals surface area contributed by atoms with Crippen molar-refractivity contribution in [2.24, 2.45) is 0 Å². The molecule has 2 aliphatic heterocycles. The van der Waals surface area contributed by atoms with Crippen LogP contribution in [0.4, 0.5) is 19.2 Å². The van der Waals surface area contributed by atoms with Gasteiger partial charge < -0.3 is 0 Å². The molecule has 0 spiro atoms. The molecule has 0 bridgehead atoms. The van der Waals surface area contributed by atoms with Crippen molar-refractivity contribution in [2.75, 3.05) is 0 Å². The summed E-state index contributed by atoms with van der Waals surface area (Å²) in [6, 6.07) is -2.73. The maximum absolute atomic E-state index is 11.5. The van der Waals surface area contributed by atoms with Crippen LogP contribution in [0.5, 0.6) is 0 Å². The summed E-state index contributed by atoms with van der Waals surface area (Å²) in [6.45, 7) is 0. The molecule has 0 atom stereocenters. The Bertz CT molecular complexity index is 410. The van der Waals surface area contributed by atoms with Crippen molar-refractivity contribution in [1.29, 1.82) is 0 Å². The number of hydrogen-bond acceptors (Lipinski definition) is 4. The molecule has 3 rings (SSSR count). The van der Waals surface area contributed by atoms with E-state index >= 15 is 0 Å². The van der Waals surface area contributed by atoms with Crippen molar-refractivity contribution < 1.29 is 19.2 Å². The van der Waals surface area contributed by atoms with Crippen LogP contribution in [0.25, 0.3) is 0 Å². The minimum atomic E-state index is -0.594. The number of nitrogens with zero attached hydrogens (tertiary/aromatic N) is 4. The van der Waals surface area contributed by atoms with Crippen LogP contribution in [0.3, 0.4) is 0 Å². The number of carbonyl (C=O) groups excluding carboxylic acids is 4. The number of hydrogen-bond donors (Lipinski definition) is 2. The second-order valence-corrected chi connectivity index (χ2v) is 4.83. The second kappa shape index (κ2) is 4.54. The largest absolute Gasteiger partial charge is 0.368 e. The van der Waals surface area contributed by atoms with Gasteiger partial charge in [-0.25, -0.2) is 39.8 Å². The summed E-state index contributed by atoms with van der Waals surface area (Å²) < 4.78 is 0. The first kappa shape index (κ1) is 12.5. The zero-order chi connectivity index (χ0) is 14.3. The predicted octanol–water partition coefficient (Wildman–Crippen LogP) is -0.373. The number of imide groups is 2. The van der Waals surface area contributed by atoms with Crippen LogP contribution in [0, 0.1) is 0 Å². The summed E-state index contributed by atoms with van der Waals surface area (Å²) in [5.41, 5.74) is 10.9. The van der Waals surface area contributed by atoms with Crippen molar-refractivity contribution in [3.63, 3.8) is 0 Å². The lowest BCUT2D eigenvalue weighted by Gasteiger charge is -2.34. The zero-order valence-electron chi connectivity index (χ0n) is 10.4. The van der Waals surface area contributed by atoms with E-state index in [2.05, 4.69) is 21.7 Å². The number of nitrogens with one attached hydrogen (secondary N) is 2. The first-order valence-electron chi connectivity index (χ1n) is 6.25. The van der Waals surface area contributed by atoms with Crippen LogP contribution in [0.2, 0.25) is 0 Å². The maximum atomic E-state index is 11.5. The number of amides is 8. The first-order valence-corrected chi connectivity index (χ1v) is 6.25. The summed E-state index contributed by atoms with van der Waals surface area (Å²) in [5.74, 6) is 0. The van der Waals surface area contributed by atoms with Gasteiger partial charge in [0, 0.05) is 12.1 Å². The minimum absolute atomic E-state index is 0.247. The van der Waals surface area contributed by atoms with E-state index in [1.165, 1.54) is 0 Å². The summed E-state index contributed by atoms with van der Waals surface area (Å²) in [6.07, 6.45) is 2.10. The molecular weight excluding hydrogens is 268 g/mol. The van der Waals surface area contributed by atoms with Crippen molar-refractivity contribution >= 4 is 24.1 Å². The molecule has 2 heterocycles. The lowest BCUT2D eigenvalue weighted by molar-refractivity contribution is 0.144. The average Bonchev–Trinajstić information content (AvgIpc) is 2.94. The first-order chi connectivity index (χ1) is 9.58. The maximum Gasteiger partial charge on any atom is 0.368 e. The molecule has 2 N–H and O–H groups in total. The number of rotatable bonds is 2. The fraction of sp³-hybridized carbons (Fsp3) is 0.600. The highest BCUT2D eigenvalue weighted by Gasteiger charge is 2.42. The Balaban J connectivity index is 1.62. The fourth-order valence-corrected chi connectivity index (χ4v) is 2.80. The Hall–Kier alpha value is -2.52. The monoisotopic (exact) mass is 280 g/mol. The summed E-state index contributed by atoms with van der Waals surface area (Å²) in [5, 5.41) is 0. The third-order valence-electron chi connectivity index (χ3n) is 3.74.